The summed E-state index contributed by atoms with van der Waals surface area (Å²) in [5.41, 5.74) is 0.492. The van der Waals surface area contributed by atoms with Crippen LogP contribution in [0, 0.1) is 24.1 Å². The van der Waals surface area contributed by atoms with Crippen molar-refractivity contribution in [3.63, 3.8) is 0 Å². The van der Waals surface area contributed by atoms with Crippen molar-refractivity contribution in [3.05, 3.63) is 47.1 Å². The number of aryl methyl sites for hydroxylation is 1. The van der Waals surface area contributed by atoms with E-state index in [1.54, 1.807) is 13.0 Å². The first kappa shape index (κ1) is 11.8. The van der Waals surface area contributed by atoms with Crippen LogP contribution in [-0.4, -0.2) is 11.1 Å². The number of hydrogen-bond donors (Lipinski definition) is 1. The maximum Gasteiger partial charge on any atom is 0.260 e. The molecule has 0 aliphatic carbocycles. The van der Waals surface area contributed by atoms with Crippen molar-refractivity contribution < 1.29 is 13.7 Å². The highest BCUT2D eigenvalue weighted by Gasteiger charge is 2.13. The van der Waals surface area contributed by atoms with Crippen LogP contribution in [0.4, 0.5) is 10.1 Å². The van der Waals surface area contributed by atoms with Crippen molar-refractivity contribution in [1.82, 2.24) is 5.16 Å². The van der Waals surface area contributed by atoms with E-state index in [0.29, 0.717) is 11.4 Å². The molecule has 2 aromatic rings. The second kappa shape index (κ2) is 4.67. The van der Waals surface area contributed by atoms with Crippen molar-refractivity contribution in [2.24, 2.45) is 0 Å². The number of carbonyl (C=O) groups excluding carboxylic acids is 1. The molecule has 90 valence electrons. The Bertz CT molecular complexity index is 643. The van der Waals surface area contributed by atoms with Gasteiger partial charge in [-0.3, -0.25) is 4.79 Å². The topological polar surface area (TPSA) is 78.9 Å². The molecule has 0 aliphatic heterocycles. The Labute approximate surface area is 102 Å². The van der Waals surface area contributed by atoms with Crippen molar-refractivity contribution in [2.75, 3.05) is 5.32 Å². The predicted octanol–water partition coefficient (Wildman–Crippen LogP) is 2.25. The van der Waals surface area contributed by atoms with Gasteiger partial charge in [0.2, 0.25) is 0 Å². The lowest BCUT2D eigenvalue weighted by Crippen LogP contribution is -2.12. The fourth-order valence-electron chi connectivity index (χ4n) is 1.40. The zero-order valence-electron chi connectivity index (χ0n) is 9.40. The molecule has 0 spiro atoms. The monoisotopic (exact) mass is 245 g/mol. The van der Waals surface area contributed by atoms with E-state index in [2.05, 4.69) is 10.5 Å². The number of amides is 1. The Balaban J connectivity index is 2.23. The minimum atomic E-state index is -0.628. The molecule has 1 amide bonds. The van der Waals surface area contributed by atoms with E-state index < -0.39 is 11.7 Å². The molecule has 0 atom stereocenters. The highest BCUT2D eigenvalue weighted by atomic mass is 19.1. The second-order valence-corrected chi connectivity index (χ2v) is 3.56. The number of nitrogens with zero attached hydrogens (tertiary/aromatic N) is 2. The Morgan fingerprint density at radius 3 is 2.94 bits per heavy atom. The Morgan fingerprint density at radius 2 is 2.33 bits per heavy atom. The average molecular weight is 245 g/mol. The molecule has 2 rings (SSSR count). The number of nitriles is 1. The summed E-state index contributed by atoms with van der Waals surface area (Å²) in [6.45, 7) is 1.60. The summed E-state index contributed by atoms with van der Waals surface area (Å²) in [4.78, 5) is 11.8. The zero-order chi connectivity index (χ0) is 13.1. The minimum Gasteiger partial charge on any atom is -0.361 e. The number of nitrogens with one attached hydrogen (secondary N) is 1. The van der Waals surface area contributed by atoms with Crippen LogP contribution in [-0.2, 0) is 0 Å². The van der Waals surface area contributed by atoms with E-state index in [0.717, 1.165) is 6.07 Å². The summed E-state index contributed by atoms with van der Waals surface area (Å²) in [6, 6.07) is 5.45. The number of benzene rings is 1. The summed E-state index contributed by atoms with van der Waals surface area (Å²) in [5.74, 6) is -0.670. The van der Waals surface area contributed by atoms with Crippen LogP contribution in [0.15, 0.2) is 28.9 Å². The molecule has 0 bridgehead atoms. The smallest absolute Gasteiger partial charge is 0.260 e. The first-order valence-electron chi connectivity index (χ1n) is 5.04. The standard InChI is InChI=1S/C12H8FN3O2/c1-7-10(6-15-18-7)12(17)16-9-2-3-11(13)8(4-9)5-14/h2-4,6H,1H3,(H,16,17). The molecular formula is C12H8FN3O2. The van der Waals surface area contributed by atoms with Gasteiger partial charge in [0.25, 0.3) is 5.91 Å². The number of aromatic nitrogens is 1. The van der Waals surface area contributed by atoms with E-state index in [1.165, 1.54) is 18.3 Å². The molecule has 1 heterocycles. The number of rotatable bonds is 2. The van der Waals surface area contributed by atoms with Gasteiger partial charge < -0.3 is 9.84 Å². The largest absolute Gasteiger partial charge is 0.361 e. The zero-order valence-corrected chi connectivity index (χ0v) is 9.40. The van der Waals surface area contributed by atoms with Crippen LogP contribution in [0.5, 0.6) is 0 Å². The number of halogens is 1. The van der Waals surface area contributed by atoms with Gasteiger partial charge in [0.05, 0.1) is 11.8 Å². The second-order valence-electron chi connectivity index (χ2n) is 3.56. The van der Waals surface area contributed by atoms with E-state index in [9.17, 15) is 9.18 Å². The van der Waals surface area contributed by atoms with Gasteiger partial charge in [0, 0.05) is 5.69 Å². The highest BCUT2D eigenvalue weighted by molar-refractivity contribution is 6.04. The van der Waals surface area contributed by atoms with Gasteiger partial charge >= 0.3 is 0 Å². The maximum absolute atomic E-state index is 13.1. The van der Waals surface area contributed by atoms with Gasteiger partial charge in [0.1, 0.15) is 23.2 Å². The fourth-order valence-corrected chi connectivity index (χ4v) is 1.40. The minimum absolute atomic E-state index is 0.130. The van der Waals surface area contributed by atoms with Crippen LogP contribution < -0.4 is 5.32 Å². The van der Waals surface area contributed by atoms with Gasteiger partial charge in [-0.15, -0.1) is 0 Å². The number of anilines is 1. The lowest BCUT2D eigenvalue weighted by molar-refractivity contribution is 0.102. The third-order valence-corrected chi connectivity index (χ3v) is 2.34. The van der Waals surface area contributed by atoms with Gasteiger partial charge in [-0.1, -0.05) is 5.16 Å². The molecule has 18 heavy (non-hydrogen) atoms. The predicted molar refractivity (Wildman–Crippen MR) is 60.3 cm³/mol. The maximum atomic E-state index is 13.1. The lowest BCUT2D eigenvalue weighted by Gasteiger charge is -2.04. The van der Waals surface area contributed by atoms with Crippen LogP contribution in [0.1, 0.15) is 21.7 Å². The van der Waals surface area contributed by atoms with Crippen molar-refractivity contribution in [3.8, 4) is 6.07 Å². The Kier molecular flexibility index (Phi) is 3.06. The van der Waals surface area contributed by atoms with E-state index >= 15 is 0 Å². The molecule has 0 aliphatic rings. The fraction of sp³-hybridized carbons (Fsp3) is 0.0833. The number of hydrogen-bond acceptors (Lipinski definition) is 4. The van der Waals surface area contributed by atoms with E-state index in [-0.39, 0.29) is 11.1 Å². The molecule has 1 N–H and O–H groups in total. The summed E-state index contributed by atoms with van der Waals surface area (Å²) < 4.78 is 17.8. The SMILES string of the molecule is Cc1oncc1C(=O)Nc1ccc(F)c(C#N)c1. The first-order valence-corrected chi connectivity index (χ1v) is 5.04. The van der Waals surface area contributed by atoms with Gasteiger partial charge in [-0.2, -0.15) is 5.26 Å². The van der Waals surface area contributed by atoms with Crippen LogP contribution in [0.2, 0.25) is 0 Å². The molecule has 0 fully saturated rings. The van der Waals surface area contributed by atoms with Crippen LogP contribution in [0.3, 0.4) is 0 Å². The van der Waals surface area contributed by atoms with Crippen molar-refractivity contribution >= 4 is 11.6 Å². The Morgan fingerprint density at radius 1 is 1.56 bits per heavy atom. The molecule has 0 saturated heterocycles. The summed E-state index contributed by atoms with van der Waals surface area (Å²) >= 11 is 0. The third kappa shape index (κ3) is 2.20. The molecule has 0 unspecified atom stereocenters. The quantitative estimate of drug-likeness (QED) is 0.879. The molecule has 6 heteroatoms. The number of carbonyl (C=O) groups is 1. The molecule has 0 radical (unpaired) electrons. The molecule has 0 saturated carbocycles. The molecule has 5 nitrogen and oxygen atoms in total. The van der Waals surface area contributed by atoms with Crippen molar-refractivity contribution in [2.45, 2.75) is 6.92 Å². The summed E-state index contributed by atoms with van der Waals surface area (Å²) in [7, 11) is 0. The van der Waals surface area contributed by atoms with Gasteiger partial charge in [0.15, 0.2) is 0 Å². The third-order valence-electron chi connectivity index (χ3n) is 2.34. The van der Waals surface area contributed by atoms with Crippen LogP contribution in [0.25, 0.3) is 0 Å². The summed E-state index contributed by atoms with van der Waals surface area (Å²) in [6.07, 6.45) is 1.29. The average Bonchev–Trinajstić information content (AvgIpc) is 2.78. The highest BCUT2D eigenvalue weighted by Crippen LogP contribution is 2.16. The molecule has 1 aromatic carbocycles. The van der Waals surface area contributed by atoms with Crippen LogP contribution >= 0.6 is 0 Å². The first-order chi connectivity index (χ1) is 8.61. The van der Waals surface area contributed by atoms with E-state index in [4.69, 9.17) is 9.78 Å². The van der Waals surface area contributed by atoms with E-state index in [1.807, 2.05) is 0 Å². The summed E-state index contributed by atoms with van der Waals surface area (Å²) in [5, 5.41) is 14.7. The van der Waals surface area contributed by atoms with Crippen molar-refractivity contribution in [1.29, 1.82) is 5.26 Å². The molecule has 1 aromatic heterocycles. The molecular weight excluding hydrogens is 237 g/mol. The Hall–Kier alpha value is -2.68. The lowest BCUT2D eigenvalue weighted by atomic mass is 10.2. The van der Waals surface area contributed by atoms with Gasteiger partial charge in [-0.25, -0.2) is 4.39 Å². The van der Waals surface area contributed by atoms with Gasteiger partial charge in [-0.05, 0) is 25.1 Å². The normalized spacial score (nSPS) is 9.83.